The van der Waals surface area contributed by atoms with Crippen molar-refractivity contribution < 1.29 is 9.47 Å². The molecule has 2 nitrogen and oxygen atoms in total. The van der Waals surface area contributed by atoms with Gasteiger partial charge in [0.25, 0.3) is 0 Å². The fraction of sp³-hybridized carbons (Fsp3) is 1.00. The molecule has 0 heterocycles. The molecule has 80 valence electrons. The van der Waals surface area contributed by atoms with Gasteiger partial charge in [-0.05, 0) is 41.0 Å². The number of hydrogen-bond donors (Lipinski definition) is 0. The molecule has 0 amide bonds. The fourth-order valence-electron chi connectivity index (χ4n) is 0.981. The van der Waals surface area contributed by atoms with Crippen LogP contribution in [0.2, 0.25) is 0 Å². The Kier molecular flexibility index (Phi) is 5.57. The highest BCUT2D eigenvalue weighted by atomic mass is 16.5. The molecule has 1 unspecified atom stereocenters. The number of rotatable bonds is 5. The maximum Gasteiger partial charge on any atom is 0.0809 e. The Morgan fingerprint density at radius 3 is 2.00 bits per heavy atom. The summed E-state index contributed by atoms with van der Waals surface area (Å²) in [7, 11) is 0. The lowest BCUT2D eigenvalue weighted by Crippen LogP contribution is -2.29. The first-order valence-corrected chi connectivity index (χ1v) is 5.14. The summed E-state index contributed by atoms with van der Waals surface area (Å²) in [5.41, 5.74) is -0.0617. The fourth-order valence-corrected chi connectivity index (χ4v) is 0.981. The Morgan fingerprint density at radius 1 is 1.15 bits per heavy atom. The van der Waals surface area contributed by atoms with Gasteiger partial charge in [0.1, 0.15) is 0 Å². The zero-order chi connectivity index (χ0) is 10.5. The summed E-state index contributed by atoms with van der Waals surface area (Å²) >= 11 is 0. The molecule has 1 atom stereocenters. The maximum atomic E-state index is 5.67. The van der Waals surface area contributed by atoms with Gasteiger partial charge in [-0.2, -0.15) is 0 Å². The van der Waals surface area contributed by atoms with E-state index in [1.807, 2.05) is 0 Å². The van der Waals surface area contributed by atoms with E-state index in [-0.39, 0.29) is 17.8 Å². The molecule has 2 heteroatoms. The van der Waals surface area contributed by atoms with Gasteiger partial charge in [0, 0.05) is 0 Å². The lowest BCUT2D eigenvalue weighted by molar-refractivity contribution is -0.0886. The van der Waals surface area contributed by atoms with E-state index >= 15 is 0 Å². The Balaban J connectivity index is 3.72. The Morgan fingerprint density at radius 2 is 1.69 bits per heavy atom. The van der Waals surface area contributed by atoms with Crippen LogP contribution < -0.4 is 0 Å². The van der Waals surface area contributed by atoms with Crippen LogP contribution in [0.4, 0.5) is 0 Å². The highest BCUT2D eigenvalue weighted by Crippen LogP contribution is 2.10. The van der Waals surface area contributed by atoms with Gasteiger partial charge in [-0.1, -0.05) is 6.92 Å². The minimum atomic E-state index is -0.0617. The second-order valence-corrected chi connectivity index (χ2v) is 4.64. The molecule has 0 aliphatic heterocycles. The largest absolute Gasteiger partial charge is 0.373 e. The average Bonchev–Trinajstić information content (AvgIpc) is 1.95. The summed E-state index contributed by atoms with van der Waals surface area (Å²) in [5.74, 6) is 0. The van der Waals surface area contributed by atoms with Crippen LogP contribution in [-0.2, 0) is 9.47 Å². The summed E-state index contributed by atoms with van der Waals surface area (Å²) in [6.45, 7) is 13.1. The van der Waals surface area contributed by atoms with E-state index in [9.17, 15) is 0 Å². The Bertz CT molecular complexity index is 125. The number of hydrogen-bond acceptors (Lipinski definition) is 2. The van der Waals surface area contributed by atoms with Gasteiger partial charge in [0.2, 0.25) is 0 Å². The zero-order valence-corrected chi connectivity index (χ0v) is 9.89. The molecule has 0 aromatic carbocycles. The van der Waals surface area contributed by atoms with Crippen LogP contribution in [0.15, 0.2) is 0 Å². The molecular weight excluding hydrogens is 164 g/mol. The van der Waals surface area contributed by atoms with Crippen molar-refractivity contribution in [2.45, 2.75) is 65.8 Å². The first-order valence-electron chi connectivity index (χ1n) is 5.14. The van der Waals surface area contributed by atoms with Gasteiger partial charge in [-0.25, -0.2) is 0 Å². The van der Waals surface area contributed by atoms with Gasteiger partial charge in [-0.15, -0.1) is 0 Å². The van der Waals surface area contributed by atoms with Crippen molar-refractivity contribution in [2.75, 3.05) is 6.61 Å². The molecule has 0 aliphatic rings. The molecule has 0 rings (SSSR count). The van der Waals surface area contributed by atoms with Crippen LogP contribution in [-0.4, -0.2) is 24.4 Å². The average molecular weight is 188 g/mol. The van der Waals surface area contributed by atoms with Crippen LogP contribution in [0.1, 0.15) is 48.0 Å². The molecule has 0 aromatic heterocycles. The van der Waals surface area contributed by atoms with E-state index in [1.165, 1.54) is 0 Å². The lowest BCUT2D eigenvalue weighted by Gasteiger charge is -2.25. The zero-order valence-electron chi connectivity index (χ0n) is 9.89. The van der Waals surface area contributed by atoms with Gasteiger partial charge >= 0.3 is 0 Å². The van der Waals surface area contributed by atoms with Gasteiger partial charge < -0.3 is 9.47 Å². The molecule has 0 aliphatic carbocycles. The van der Waals surface area contributed by atoms with Gasteiger partial charge in [0.15, 0.2) is 0 Å². The quantitative estimate of drug-likeness (QED) is 0.660. The standard InChI is InChI=1S/C11H24O2/c1-7-10(13-9(2)3)8-12-11(4,5)6/h9-10H,7-8H2,1-6H3. The van der Waals surface area contributed by atoms with E-state index in [4.69, 9.17) is 9.47 Å². The summed E-state index contributed by atoms with van der Waals surface area (Å²) in [5, 5.41) is 0. The first-order chi connectivity index (χ1) is 5.85. The molecule has 0 saturated carbocycles. The van der Waals surface area contributed by atoms with Crippen LogP contribution in [0.3, 0.4) is 0 Å². The van der Waals surface area contributed by atoms with Gasteiger partial charge in [0.05, 0.1) is 24.4 Å². The van der Waals surface area contributed by atoms with Crippen LogP contribution in [0.5, 0.6) is 0 Å². The van der Waals surface area contributed by atoms with E-state index in [0.29, 0.717) is 6.61 Å². The Hall–Kier alpha value is -0.0800. The van der Waals surface area contributed by atoms with Crippen molar-refractivity contribution in [1.82, 2.24) is 0 Å². The molecular formula is C11H24O2. The normalized spacial score (nSPS) is 15.0. The molecule has 0 N–H and O–H groups in total. The van der Waals surface area contributed by atoms with Crippen LogP contribution >= 0.6 is 0 Å². The van der Waals surface area contributed by atoms with Crippen molar-refractivity contribution in [1.29, 1.82) is 0 Å². The van der Waals surface area contributed by atoms with E-state index in [0.717, 1.165) is 6.42 Å². The predicted molar refractivity (Wildman–Crippen MR) is 56.0 cm³/mol. The molecule has 13 heavy (non-hydrogen) atoms. The first kappa shape index (κ1) is 12.9. The molecule has 0 fully saturated rings. The Labute approximate surface area is 82.6 Å². The topological polar surface area (TPSA) is 18.5 Å². The highest BCUT2D eigenvalue weighted by Gasteiger charge is 2.15. The van der Waals surface area contributed by atoms with Crippen LogP contribution in [0, 0.1) is 0 Å². The lowest BCUT2D eigenvalue weighted by atomic mass is 10.2. The molecule has 0 aromatic rings. The smallest absolute Gasteiger partial charge is 0.0809 e. The maximum absolute atomic E-state index is 5.67. The SMILES string of the molecule is CCC(COC(C)(C)C)OC(C)C. The summed E-state index contributed by atoms with van der Waals surface area (Å²) < 4.78 is 11.3. The molecule has 0 bridgehead atoms. The van der Waals surface area contributed by atoms with E-state index < -0.39 is 0 Å². The second kappa shape index (κ2) is 5.61. The van der Waals surface area contributed by atoms with Gasteiger partial charge in [-0.3, -0.25) is 0 Å². The minimum absolute atomic E-state index is 0.0617. The third kappa shape index (κ3) is 8.26. The van der Waals surface area contributed by atoms with Crippen molar-refractivity contribution in [3.63, 3.8) is 0 Å². The van der Waals surface area contributed by atoms with Crippen molar-refractivity contribution in [3.8, 4) is 0 Å². The van der Waals surface area contributed by atoms with Crippen LogP contribution in [0.25, 0.3) is 0 Å². The highest BCUT2D eigenvalue weighted by molar-refractivity contribution is 4.62. The summed E-state index contributed by atoms with van der Waals surface area (Å²) in [6, 6.07) is 0. The third-order valence-electron chi connectivity index (χ3n) is 1.62. The molecule has 0 saturated heterocycles. The third-order valence-corrected chi connectivity index (χ3v) is 1.62. The molecule has 0 radical (unpaired) electrons. The second-order valence-electron chi connectivity index (χ2n) is 4.64. The van der Waals surface area contributed by atoms with Crippen molar-refractivity contribution in [2.24, 2.45) is 0 Å². The molecule has 0 spiro atoms. The summed E-state index contributed by atoms with van der Waals surface area (Å²) in [6.07, 6.45) is 1.53. The number of ether oxygens (including phenoxy) is 2. The van der Waals surface area contributed by atoms with Crippen molar-refractivity contribution in [3.05, 3.63) is 0 Å². The van der Waals surface area contributed by atoms with E-state index in [2.05, 4.69) is 41.5 Å². The van der Waals surface area contributed by atoms with Crippen molar-refractivity contribution >= 4 is 0 Å². The minimum Gasteiger partial charge on any atom is -0.373 e. The monoisotopic (exact) mass is 188 g/mol. The van der Waals surface area contributed by atoms with E-state index in [1.54, 1.807) is 0 Å². The summed E-state index contributed by atoms with van der Waals surface area (Å²) in [4.78, 5) is 0. The predicted octanol–water partition coefficient (Wildman–Crippen LogP) is 3.01.